The van der Waals surface area contributed by atoms with Crippen LogP contribution in [0.15, 0.2) is 51.4 Å². The minimum Gasteiger partial charge on any atom is -0.322 e. The number of hydrogen-bond donors (Lipinski definition) is 1. The third kappa shape index (κ3) is 3.00. The highest BCUT2D eigenvalue weighted by Gasteiger charge is 2.11. The maximum Gasteiger partial charge on any atom is 0.256 e. The van der Waals surface area contributed by atoms with Crippen molar-refractivity contribution in [2.45, 2.75) is 6.92 Å². The summed E-state index contributed by atoms with van der Waals surface area (Å²) in [5.41, 5.74) is 2.44. The molecule has 0 saturated carbocycles. The molecular weight excluding hydrogens is 358 g/mol. The summed E-state index contributed by atoms with van der Waals surface area (Å²) in [7, 11) is 0. The average molecular weight is 369 g/mol. The molecule has 0 heterocycles. The van der Waals surface area contributed by atoms with Gasteiger partial charge in [0, 0.05) is 14.6 Å². The number of benzene rings is 2. The van der Waals surface area contributed by atoms with Gasteiger partial charge in [0.25, 0.3) is 5.91 Å². The highest BCUT2D eigenvalue weighted by molar-refractivity contribution is 9.10. The molecule has 0 aliphatic rings. The Labute approximate surface area is 123 Å². The fourth-order valence-electron chi connectivity index (χ4n) is 1.59. The zero-order valence-electron chi connectivity index (χ0n) is 9.71. The van der Waals surface area contributed by atoms with Gasteiger partial charge < -0.3 is 5.32 Å². The van der Waals surface area contributed by atoms with E-state index >= 15 is 0 Å². The first-order chi connectivity index (χ1) is 8.58. The number of amides is 1. The molecule has 18 heavy (non-hydrogen) atoms. The summed E-state index contributed by atoms with van der Waals surface area (Å²) in [6.07, 6.45) is 0. The second-order valence-electron chi connectivity index (χ2n) is 3.90. The molecule has 0 radical (unpaired) electrons. The number of aryl methyl sites for hydroxylation is 1. The number of rotatable bonds is 2. The normalized spacial score (nSPS) is 10.2. The van der Waals surface area contributed by atoms with E-state index in [0.29, 0.717) is 5.56 Å². The lowest BCUT2D eigenvalue weighted by molar-refractivity contribution is 0.102. The van der Waals surface area contributed by atoms with Crippen molar-refractivity contribution in [3.63, 3.8) is 0 Å². The molecule has 0 fully saturated rings. The highest BCUT2D eigenvalue weighted by Crippen LogP contribution is 2.23. The number of hydrogen-bond acceptors (Lipinski definition) is 1. The summed E-state index contributed by atoms with van der Waals surface area (Å²) in [6.45, 7) is 1.96. The monoisotopic (exact) mass is 367 g/mol. The number of halogens is 2. The third-order valence-corrected chi connectivity index (χ3v) is 4.06. The zero-order valence-corrected chi connectivity index (χ0v) is 12.9. The molecule has 0 aromatic heterocycles. The second-order valence-corrected chi connectivity index (χ2v) is 5.61. The van der Waals surface area contributed by atoms with Crippen molar-refractivity contribution in [2.75, 3.05) is 5.32 Å². The fourth-order valence-corrected chi connectivity index (χ4v) is 2.43. The minimum atomic E-state index is -0.122. The molecule has 1 amide bonds. The predicted molar refractivity (Wildman–Crippen MR) is 81.0 cm³/mol. The largest absolute Gasteiger partial charge is 0.322 e. The van der Waals surface area contributed by atoms with E-state index in [4.69, 9.17) is 0 Å². The number of carbonyl (C=O) groups is 1. The standard InChI is InChI=1S/C14H11Br2NO/c1-9-4-2-7-12(13(9)16)14(18)17-11-6-3-5-10(15)8-11/h2-8H,1H3,(H,17,18). The molecule has 0 spiro atoms. The lowest BCUT2D eigenvalue weighted by Gasteiger charge is -2.08. The van der Waals surface area contributed by atoms with Crippen molar-refractivity contribution in [3.8, 4) is 0 Å². The van der Waals surface area contributed by atoms with Crippen molar-refractivity contribution < 1.29 is 4.79 Å². The Morgan fingerprint density at radius 2 is 1.83 bits per heavy atom. The van der Waals surface area contributed by atoms with Gasteiger partial charge >= 0.3 is 0 Å². The van der Waals surface area contributed by atoms with Crippen LogP contribution in [0.3, 0.4) is 0 Å². The minimum absolute atomic E-state index is 0.122. The van der Waals surface area contributed by atoms with E-state index in [1.54, 1.807) is 6.07 Å². The molecule has 0 unspecified atom stereocenters. The molecule has 4 heteroatoms. The Balaban J connectivity index is 2.25. The summed E-state index contributed by atoms with van der Waals surface area (Å²) < 4.78 is 1.76. The molecule has 2 nitrogen and oxygen atoms in total. The maximum atomic E-state index is 12.1. The van der Waals surface area contributed by atoms with E-state index in [0.717, 1.165) is 20.2 Å². The van der Waals surface area contributed by atoms with Crippen LogP contribution in [-0.2, 0) is 0 Å². The first-order valence-corrected chi connectivity index (χ1v) is 6.98. The average Bonchev–Trinajstić information content (AvgIpc) is 2.32. The van der Waals surface area contributed by atoms with Crippen LogP contribution in [0, 0.1) is 6.92 Å². The van der Waals surface area contributed by atoms with Crippen LogP contribution >= 0.6 is 31.9 Å². The Kier molecular flexibility index (Phi) is 4.19. The van der Waals surface area contributed by atoms with E-state index in [1.165, 1.54) is 0 Å². The van der Waals surface area contributed by atoms with Crippen molar-refractivity contribution in [1.82, 2.24) is 0 Å². The quantitative estimate of drug-likeness (QED) is 0.812. The van der Waals surface area contributed by atoms with Gasteiger partial charge in [-0.2, -0.15) is 0 Å². The van der Waals surface area contributed by atoms with Crippen LogP contribution in [0.1, 0.15) is 15.9 Å². The molecule has 0 aliphatic heterocycles. The van der Waals surface area contributed by atoms with Gasteiger partial charge in [-0.1, -0.05) is 34.1 Å². The van der Waals surface area contributed by atoms with Gasteiger partial charge in [0.1, 0.15) is 0 Å². The van der Waals surface area contributed by atoms with E-state index < -0.39 is 0 Å². The Hall–Kier alpha value is -1.13. The third-order valence-electron chi connectivity index (χ3n) is 2.52. The van der Waals surface area contributed by atoms with Crippen LogP contribution < -0.4 is 5.32 Å². The molecule has 0 bridgehead atoms. The molecule has 1 N–H and O–H groups in total. The lowest BCUT2D eigenvalue weighted by Crippen LogP contribution is -2.12. The molecule has 2 aromatic rings. The van der Waals surface area contributed by atoms with Crippen molar-refractivity contribution in [1.29, 1.82) is 0 Å². The van der Waals surface area contributed by atoms with Crippen molar-refractivity contribution >= 4 is 43.5 Å². The summed E-state index contributed by atoms with van der Waals surface area (Å²) in [4.78, 5) is 12.1. The Bertz CT molecular complexity index is 596. The molecule has 0 aliphatic carbocycles. The SMILES string of the molecule is Cc1cccc(C(=O)Nc2cccc(Br)c2)c1Br. The maximum absolute atomic E-state index is 12.1. The topological polar surface area (TPSA) is 29.1 Å². The first-order valence-electron chi connectivity index (χ1n) is 5.40. The van der Waals surface area contributed by atoms with Gasteiger partial charge in [-0.25, -0.2) is 0 Å². The van der Waals surface area contributed by atoms with Crippen LogP contribution in [-0.4, -0.2) is 5.91 Å². The van der Waals surface area contributed by atoms with Gasteiger partial charge in [-0.3, -0.25) is 4.79 Å². The van der Waals surface area contributed by atoms with Gasteiger partial charge in [0.15, 0.2) is 0 Å². The molecule has 0 atom stereocenters. The molecule has 0 saturated heterocycles. The van der Waals surface area contributed by atoms with E-state index in [-0.39, 0.29) is 5.91 Å². The lowest BCUT2D eigenvalue weighted by atomic mass is 10.1. The molecule has 92 valence electrons. The Morgan fingerprint density at radius 3 is 2.56 bits per heavy atom. The summed E-state index contributed by atoms with van der Waals surface area (Å²) >= 11 is 6.81. The second kappa shape index (κ2) is 5.67. The van der Waals surface area contributed by atoms with Gasteiger partial charge in [-0.15, -0.1) is 0 Å². The van der Waals surface area contributed by atoms with Crippen molar-refractivity contribution in [2.24, 2.45) is 0 Å². The van der Waals surface area contributed by atoms with Crippen LogP contribution in [0.4, 0.5) is 5.69 Å². The van der Waals surface area contributed by atoms with Crippen LogP contribution in [0.5, 0.6) is 0 Å². The van der Waals surface area contributed by atoms with Gasteiger partial charge in [-0.05, 0) is 52.7 Å². The molecule has 2 rings (SSSR count). The first kappa shape index (κ1) is 13.3. The van der Waals surface area contributed by atoms with Gasteiger partial charge in [0.05, 0.1) is 5.56 Å². The van der Waals surface area contributed by atoms with Crippen molar-refractivity contribution in [3.05, 3.63) is 62.5 Å². The Morgan fingerprint density at radius 1 is 1.11 bits per heavy atom. The van der Waals surface area contributed by atoms with E-state index in [1.807, 2.05) is 43.3 Å². The number of carbonyl (C=O) groups excluding carboxylic acids is 1. The predicted octanol–water partition coefficient (Wildman–Crippen LogP) is 4.77. The van der Waals surface area contributed by atoms with Crippen LogP contribution in [0.2, 0.25) is 0 Å². The molecular formula is C14H11Br2NO. The summed E-state index contributed by atoms with van der Waals surface area (Å²) in [5, 5.41) is 2.87. The highest BCUT2D eigenvalue weighted by atomic mass is 79.9. The zero-order chi connectivity index (χ0) is 13.1. The summed E-state index contributed by atoms with van der Waals surface area (Å²) in [5.74, 6) is -0.122. The molecule has 2 aromatic carbocycles. The van der Waals surface area contributed by atoms with Crippen LogP contribution in [0.25, 0.3) is 0 Å². The smallest absolute Gasteiger partial charge is 0.256 e. The number of anilines is 1. The fraction of sp³-hybridized carbons (Fsp3) is 0.0714. The van der Waals surface area contributed by atoms with E-state index in [9.17, 15) is 4.79 Å². The van der Waals surface area contributed by atoms with Gasteiger partial charge in [0.2, 0.25) is 0 Å². The van der Waals surface area contributed by atoms with E-state index in [2.05, 4.69) is 37.2 Å². The summed E-state index contributed by atoms with van der Waals surface area (Å²) in [6, 6.07) is 13.1. The number of nitrogens with one attached hydrogen (secondary N) is 1.